The van der Waals surface area contributed by atoms with Gasteiger partial charge in [0.1, 0.15) is 5.82 Å². The lowest BCUT2D eigenvalue weighted by molar-refractivity contribution is 0.0926. The van der Waals surface area contributed by atoms with E-state index in [-0.39, 0.29) is 36.0 Å². The van der Waals surface area contributed by atoms with Gasteiger partial charge in [0.15, 0.2) is 11.6 Å². The van der Waals surface area contributed by atoms with Crippen LogP contribution in [-0.4, -0.2) is 42.1 Å². The highest BCUT2D eigenvalue weighted by Gasteiger charge is 2.24. The van der Waals surface area contributed by atoms with E-state index in [1.807, 2.05) is 55.5 Å². The average molecular weight is 488 g/mol. The van der Waals surface area contributed by atoms with Crippen molar-refractivity contribution in [2.75, 3.05) is 24.3 Å². The highest BCUT2D eigenvalue weighted by atomic mass is 35.5. The number of nitrogens with one attached hydrogen (secondary N) is 2. The number of anilines is 2. The van der Waals surface area contributed by atoms with E-state index in [9.17, 15) is 13.6 Å². The van der Waals surface area contributed by atoms with E-state index in [0.29, 0.717) is 5.95 Å². The van der Waals surface area contributed by atoms with Crippen molar-refractivity contribution < 1.29 is 13.6 Å². The number of nitrogens with zero attached hydrogens (tertiary/aromatic N) is 3. The molecule has 1 aliphatic rings. The summed E-state index contributed by atoms with van der Waals surface area (Å²) >= 11 is 0. The predicted octanol–water partition coefficient (Wildman–Crippen LogP) is 5.06. The summed E-state index contributed by atoms with van der Waals surface area (Å²) < 4.78 is 26.5. The molecule has 0 atom stereocenters. The number of carbonyl (C=O) groups excluding carboxylic acids is 1. The number of amides is 1. The second-order valence-corrected chi connectivity index (χ2v) is 8.49. The van der Waals surface area contributed by atoms with E-state index in [1.165, 1.54) is 6.07 Å². The maximum Gasteiger partial charge on any atom is 0.251 e. The van der Waals surface area contributed by atoms with E-state index in [0.717, 1.165) is 54.8 Å². The Morgan fingerprint density at radius 1 is 0.971 bits per heavy atom. The van der Waals surface area contributed by atoms with Gasteiger partial charge in [-0.25, -0.2) is 13.8 Å². The number of aromatic nitrogens is 2. The van der Waals surface area contributed by atoms with Crippen molar-refractivity contribution in [3.63, 3.8) is 0 Å². The Hall–Kier alpha value is -3.26. The molecule has 0 saturated heterocycles. The summed E-state index contributed by atoms with van der Waals surface area (Å²) in [5, 5.41) is 6.34. The summed E-state index contributed by atoms with van der Waals surface area (Å²) in [6.45, 7) is 0. The molecule has 180 valence electrons. The minimum atomic E-state index is -1.02. The van der Waals surface area contributed by atoms with E-state index >= 15 is 0 Å². The molecule has 2 N–H and O–H groups in total. The molecule has 4 rings (SSSR count). The van der Waals surface area contributed by atoms with Crippen molar-refractivity contribution in [1.29, 1.82) is 0 Å². The Labute approximate surface area is 204 Å². The SMILES string of the molecule is CN(C)c1nc(NC2CCC(NC(=O)c3ccc(F)c(F)c3)CC2)ncc1-c1ccccc1.Cl. The van der Waals surface area contributed by atoms with Gasteiger partial charge in [0.25, 0.3) is 5.91 Å². The van der Waals surface area contributed by atoms with Gasteiger partial charge < -0.3 is 15.5 Å². The van der Waals surface area contributed by atoms with E-state index in [4.69, 9.17) is 4.98 Å². The molecule has 9 heteroatoms. The molecule has 0 unspecified atom stereocenters. The fraction of sp³-hybridized carbons (Fsp3) is 0.320. The zero-order valence-electron chi connectivity index (χ0n) is 19.1. The van der Waals surface area contributed by atoms with E-state index in [1.54, 1.807) is 0 Å². The van der Waals surface area contributed by atoms with E-state index in [2.05, 4.69) is 15.6 Å². The average Bonchev–Trinajstić information content (AvgIpc) is 2.82. The molecule has 1 aliphatic carbocycles. The van der Waals surface area contributed by atoms with Crippen molar-refractivity contribution in [2.24, 2.45) is 0 Å². The van der Waals surface area contributed by atoms with Crippen LogP contribution in [0.2, 0.25) is 0 Å². The molecule has 0 radical (unpaired) electrons. The molecule has 3 aromatic rings. The Morgan fingerprint density at radius 2 is 1.65 bits per heavy atom. The fourth-order valence-corrected chi connectivity index (χ4v) is 4.08. The number of hydrogen-bond acceptors (Lipinski definition) is 5. The van der Waals surface area contributed by atoms with E-state index < -0.39 is 11.6 Å². The smallest absolute Gasteiger partial charge is 0.251 e. The number of carbonyl (C=O) groups is 1. The third-order valence-corrected chi connectivity index (χ3v) is 5.85. The molecular weight excluding hydrogens is 460 g/mol. The summed E-state index contributed by atoms with van der Waals surface area (Å²) in [7, 11) is 3.92. The van der Waals surface area contributed by atoms with Crippen LogP contribution in [0.25, 0.3) is 11.1 Å². The van der Waals surface area contributed by atoms with Crippen LogP contribution in [0.4, 0.5) is 20.5 Å². The van der Waals surface area contributed by atoms with Gasteiger partial charge in [0, 0.05) is 43.5 Å². The molecule has 1 aromatic heterocycles. The number of rotatable bonds is 6. The van der Waals surface area contributed by atoms with Crippen molar-refractivity contribution in [3.8, 4) is 11.1 Å². The normalized spacial score (nSPS) is 17.4. The van der Waals surface area contributed by atoms with Crippen LogP contribution in [0.1, 0.15) is 36.0 Å². The lowest BCUT2D eigenvalue weighted by Gasteiger charge is -2.30. The maximum atomic E-state index is 13.4. The van der Waals surface area contributed by atoms with Crippen molar-refractivity contribution in [1.82, 2.24) is 15.3 Å². The minimum Gasteiger partial charge on any atom is -0.362 e. The summed E-state index contributed by atoms with van der Waals surface area (Å²) in [4.78, 5) is 23.6. The van der Waals surface area contributed by atoms with Crippen LogP contribution < -0.4 is 15.5 Å². The Bertz CT molecular complexity index is 1120. The monoisotopic (exact) mass is 487 g/mol. The first kappa shape index (κ1) is 25.4. The highest BCUT2D eigenvalue weighted by molar-refractivity contribution is 5.94. The van der Waals surface area contributed by atoms with Crippen LogP contribution >= 0.6 is 12.4 Å². The lowest BCUT2D eigenvalue weighted by Crippen LogP contribution is -2.40. The molecule has 1 heterocycles. The molecule has 6 nitrogen and oxygen atoms in total. The summed E-state index contributed by atoms with van der Waals surface area (Å²) in [6.07, 6.45) is 5.06. The molecule has 1 fully saturated rings. The van der Waals surface area contributed by atoms with Crippen molar-refractivity contribution in [3.05, 3.63) is 71.9 Å². The quantitative estimate of drug-likeness (QED) is 0.508. The maximum absolute atomic E-state index is 13.4. The number of halogens is 3. The zero-order chi connectivity index (χ0) is 23.4. The van der Waals surface area contributed by atoms with Crippen LogP contribution in [0, 0.1) is 11.6 Å². The Morgan fingerprint density at radius 3 is 2.29 bits per heavy atom. The van der Waals surface area contributed by atoms with Gasteiger partial charge in [-0.3, -0.25) is 4.79 Å². The summed E-state index contributed by atoms with van der Waals surface area (Å²) in [6, 6.07) is 13.4. The molecule has 34 heavy (non-hydrogen) atoms. The number of hydrogen-bond donors (Lipinski definition) is 2. The largest absolute Gasteiger partial charge is 0.362 e. The first-order valence-corrected chi connectivity index (χ1v) is 11.0. The van der Waals surface area contributed by atoms with Gasteiger partial charge in [-0.1, -0.05) is 30.3 Å². The molecule has 1 amide bonds. The van der Waals surface area contributed by atoms with Crippen molar-refractivity contribution >= 4 is 30.1 Å². The number of benzene rings is 2. The molecule has 2 aromatic carbocycles. The van der Waals surface area contributed by atoms with Crippen molar-refractivity contribution in [2.45, 2.75) is 37.8 Å². The Kier molecular flexibility index (Phi) is 8.39. The topological polar surface area (TPSA) is 70.2 Å². The molecule has 0 bridgehead atoms. The second kappa shape index (κ2) is 11.2. The van der Waals surface area contributed by atoms with Gasteiger partial charge in [-0.05, 0) is 49.4 Å². The van der Waals surface area contributed by atoms with Crippen LogP contribution in [0.15, 0.2) is 54.7 Å². The highest BCUT2D eigenvalue weighted by Crippen LogP contribution is 2.29. The van der Waals surface area contributed by atoms with Gasteiger partial charge in [0.05, 0.1) is 0 Å². The molecule has 1 saturated carbocycles. The standard InChI is InChI=1S/C25H27F2N5O.ClH/c1-32(2)23-20(16-6-4-3-5-7-16)15-28-25(31-23)30-19-11-9-18(10-12-19)29-24(33)17-8-13-21(26)22(27)14-17;/h3-8,13-15,18-19H,9-12H2,1-2H3,(H,29,33)(H,28,30,31);1H. The summed E-state index contributed by atoms with van der Waals surface area (Å²) in [5.41, 5.74) is 2.15. The van der Waals surface area contributed by atoms with Gasteiger partial charge in [-0.2, -0.15) is 4.98 Å². The van der Waals surface area contributed by atoms with Crippen LogP contribution in [0.5, 0.6) is 0 Å². The Balaban J connectivity index is 0.00000324. The van der Waals surface area contributed by atoms with Crippen LogP contribution in [-0.2, 0) is 0 Å². The second-order valence-electron chi connectivity index (χ2n) is 8.49. The first-order valence-electron chi connectivity index (χ1n) is 11.0. The third-order valence-electron chi connectivity index (χ3n) is 5.85. The fourth-order valence-electron chi connectivity index (χ4n) is 4.08. The van der Waals surface area contributed by atoms with Gasteiger partial charge >= 0.3 is 0 Å². The lowest BCUT2D eigenvalue weighted by atomic mass is 9.91. The van der Waals surface area contributed by atoms with Gasteiger partial charge in [-0.15, -0.1) is 12.4 Å². The van der Waals surface area contributed by atoms with Crippen LogP contribution in [0.3, 0.4) is 0 Å². The van der Waals surface area contributed by atoms with Gasteiger partial charge in [0.2, 0.25) is 5.95 Å². The predicted molar refractivity (Wildman–Crippen MR) is 133 cm³/mol. The minimum absolute atomic E-state index is 0. The third kappa shape index (κ3) is 5.99. The molecule has 0 aliphatic heterocycles. The zero-order valence-corrected chi connectivity index (χ0v) is 19.9. The first-order chi connectivity index (χ1) is 15.9. The molecular formula is C25H28ClF2N5O. The summed E-state index contributed by atoms with van der Waals surface area (Å²) in [5.74, 6) is -0.958. The molecule has 0 spiro atoms.